The lowest BCUT2D eigenvalue weighted by Gasteiger charge is -2.14. The lowest BCUT2D eigenvalue weighted by Crippen LogP contribution is -2.14. The third-order valence-electron chi connectivity index (χ3n) is 2.35. The SMILES string of the molecule is CSCC(C)CNc1ccc(C(N)=S)cc1Cl. The first kappa shape index (κ1) is 14.6. The van der Waals surface area contributed by atoms with E-state index in [9.17, 15) is 0 Å². The van der Waals surface area contributed by atoms with Crippen LogP contribution in [-0.2, 0) is 0 Å². The Bertz CT molecular complexity index is 396. The van der Waals surface area contributed by atoms with Crippen molar-refractivity contribution in [1.82, 2.24) is 0 Å². The summed E-state index contributed by atoms with van der Waals surface area (Å²) in [5.74, 6) is 1.74. The third-order valence-corrected chi connectivity index (χ3v) is 3.80. The van der Waals surface area contributed by atoms with Crippen LogP contribution in [0.1, 0.15) is 12.5 Å². The molecule has 1 aromatic rings. The summed E-state index contributed by atoms with van der Waals surface area (Å²) in [6, 6.07) is 5.60. The van der Waals surface area contributed by atoms with Crippen LogP contribution in [-0.4, -0.2) is 23.5 Å². The average Bonchev–Trinajstić information content (AvgIpc) is 2.27. The zero-order valence-corrected chi connectivity index (χ0v) is 12.4. The first-order valence-corrected chi connectivity index (χ1v) is 7.54. The topological polar surface area (TPSA) is 38.0 Å². The fourth-order valence-corrected chi connectivity index (χ4v) is 2.50. The summed E-state index contributed by atoms with van der Waals surface area (Å²) in [4.78, 5) is 0.370. The Morgan fingerprint density at radius 2 is 2.29 bits per heavy atom. The van der Waals surface area contributed by atoms with Gasteiger partial charge in [0, 0.05) is 12.1 Å². The first-order valence-electron chi connectivity index (χ1n) is 5.36. The molecule has 0 saturated heterocycles. The molecule has 0 radical (unpaired) electrons. The van der Waals surface area contributed by atoms with Gasteiger partial charge in [0.25, 0.3) is 0 Å². The van der Waals surface area contributed by atoms with E-state index in [-0.39, 0.29) is 0 Å². The molecule has 0 fully saturated rings. The fraction of sp³-hybridized carbons (Fsp3) is 0.417. The van der Waals surface area contributed by atoms with Crippen molar-refractivity contribution in [3.63, 3.8) is 0 Å². The quantitative estimate of drug-likeness (QED) is 0.787. The van der Waals surface area contributed by atoms with E-state index in [4.69, 9.17) is 29.6 Å². The second-order valence-corrected chi connectivity index (χ2v) is 5.76. The van der Waals surface area contributed by atoms with Gasteiger partial charge in [0.1, 0.15) is 4.99 Å². The van der Waals surface area contributed by atoms with Crippen molar-refractivity contribution in [2.45, 2.75) is 6.92 Å². The van der Waals surface area contributed by atoms with Crippen LogP contribution in [0.25, 0.3) is 0 Å². The van der Waals surface area contributed by atoms with Crippen LogP contribution in [0.4, 0.5) is 5.69 Å². The Morgan fingerprint density at radius 3 is 2.82 bits per heavy atom. The van der Waals surface area contributed by atoms with E-state index in [0.29, 0.717) is 15.9 Å². The van der Waals surface area contributed by atoms with E-state index in [1.165, 1.54) is 0 Å². The monoisotopic (exact) mass is 288 g/mol. The minimum atomic E-state index is 0.370. The van der Waals surface area contributed by atoms with Gasteiger partial charge in [-0.05, 0) is 36.1 Å². The summed E-state index contributed by atoms with van der Waals surface area (Å²) in [7, 11) is 0. The lowest BCUT2D eigenvalue weighted by atomic mass is 10.2. The van der Waals surface area contributed by atoms with Crippen molar-refractivity contribution in [2.24, 2.45) is 11.7 Å². The highest BCUT2D eigenvalue weighted by Gasteiger charge is 2.05. The summed E-state index contributed by atoms with van der Waals surface area (Å²) in [6.07, 6.45) is 2.11. The Kier molecular flexibility index (Phi) is 6.09. The predicted octanol–water partition coefficient (Wildman–Crippen LogP) is 3.39. The summed E-state index contributed by atoms with van der Waals surface area (Å²) >= 11 is 12.9. The fourth-order valence-electron chi connectivity index (χ4n) is 1.44. The predicted molar refractivity (Wildman–Crippen MR) is 83.4 cm³/mol. The summed E-state index contributed by atoms with van der Waals surface area (Å²) in [6.45, 7) is 3.12. The van der Waals surface area contributed by atoms with Crippen LogP contribution in [0.2, 0.25) is 5.02 Å². The molecular weight excluding hydrogens is 272 g/mol. The molecule has 5 heteroatoms. The number of thiocarbonyl (C=S) groups is 1. The van der Waals surface area contributed by atoms with Crippen molar-refractivity contribution in [3.8, 4) is 0 Å². The van der Waals surface area contributed by atoms with Gasteiger partial charge in [-0.1, -0.05) is 30.7 Å². The Hall–Kier alpha value is -0.450. The van der Waals surface area contributed by atoms with Gasteiger partial charge in [0.15, 0.2) is 0 Å². The molecule has 0 amide bonds. The first-order chi connectivity index (χ1) is 8.04. The van der Waals surface area contributed by atoms with Crippen molar-refractivity contribution in [3.05, 3.63) is 28.8 Å². The minimum Gasteiger partial charge on any atom is -0.389 e. The molecule has 1 aromatic carbocycles. The van der Waals surface area contributed by atoms with Crippen molar-refractivity contribution < 1.29 is 0 Å². The van der Waals surface area contributed by atoms with Gasteiger partial charge in [-0.25, -0.2) is 0 Å². The Labute approximate surface area is 117 Å². The molecule has 1 atom stereocenters. The third kappa shape index (κ3) is 4.74. The molecule has 3 N–H and O–H groups in total. The molecule has 0 aliphatic rings. The highest BCUT2D eigenvalue weighted by molar-refractivity contribution is 7.98. The molecule has 2 nitrogen and oxygen atoms in total. The second-order valence-electron chi connectivity index (χ2n) is 4.00. The van der Waals surface area contributed by atoms with E-state index in [0.717, 1.165) is 23.5 Å². The van der Waals surface area contributed by atoms with Crippen LogP contribution >= 0.6 is 35.6 Å². The number of nitrogens with one attached hydrogen (secondary N) is 1. The summed E-state index contributed by atoms with van der Waals surface area (Å²) in [5.41, 5.74) is 7.27. The van der Waals surface area contributed by atoms with Gasteiger partial charge in [-0.2, -0.15) is 11.8 Å². The van der Waals surface area contributed by atoms with Gasteiger partial charge < -0.3 is 11.1 Å². The highest BCUT2D eigenvalue weighted by atomic mass is 35.5. The molecule has 0 aliphatic heterocycles. The van der Waals surface area contributed by atoms with E-state index < -0.39 is 0 Å². The van der Waals surface area contributed by atoms with E-state index in [2.05, 4.69) is 18.5 Å². The van der Waals surface area contributed by atoms with E-state index in [1.54, 1.807) is 6.07 Å². The van der Waals surface area contributed by atoms with E-state index >= 15 is 0 Å². The maximum atomic E-state index is 6.15. The molecule has 1 unspecified atom stereocenters. The molecule has 0 heterocycles. The molecule has 0 saturated carbocycles. The maximum Gasteiger partial charge on any atom is 0.104 e. The highest BCUT2D eigenvalue weighted by Crippen LogP contribution is 2.23. The van der Waals surface area contributed by atoms with Gasteiger partial charge in [-0.15, -0.1) is 0 Å². The number of anilines is 1. The zero-order chi connectivity index (χ0) is 12.8. The summed E-state index contributed by atoms with van der Waals surface area (Å²) < 4.78 is 0. The van der Waals surface area contributed by atoms with Crippen molar-refractivity contribution >= 4 is 46.3 Å². The number of hydrogen-bond donors (Lipinski definition) is 2. The van der Waals surface area contributed by atoms with Gasteiger partial charge in [-0.3, -0.25) is 0 Å². The number of rotatable bonds is 6. The van der Waals surface area contributed by atoms with E-state index in [1.807, 2.05) is 23.9 Å². The standard InChI is InChI=1S/C12H17ClN2S2/c1-8(7-17-2)6-15-11-4-3-9(12(14)16)5-10(11)13/h3-5,8,15H,6-7H2,1-2H3,(H2,14,16). The van der Waals surface area contributed by atoms with Crippen molar-refractivity contribution in [2.75, 3.05) is 23.9 Å². The zero-order valence-electron chi connectivity index (χ0n) is 10.00. The average molecular weight is 289 g/mol. The molecule has 0 aliphatic carbocycles. The Morgan fingerprint density at radius 1 is 1.59 bits per heavy atom. The number of halogens is 1. The molecule has 17 heavy (non-hydrogen) atoms. The number of benzene rings is 1. The summed E-state index contributed by atoms with van der Waals surface area (Å²) in [5, 5.41) is 3.99. The minimum absolute atomic E-state index is 0.370. The molecule has 1 rings (SSSR count). The van der Waals surface area contributed by atoms with Crippen LogP contribution in [0.15, 0.2) is 18.2 Å². The van der Waals surface area contributed by atoms with Crippen LogP contribution in [0.3, 0.4) is 0 Å². The molecule has 0 spiro atoms. The lowest BCUT2D eigenvalue weighted by molar-refractivity contribution is 0.701. The molecule has 0 bridgehead atoms. The Balaban J connectivity index is 2.63. The van der Waals surface area contributed by atoms with Crippen molar-refractivity contribution in [1.29, 1.82) is 0 Å². The van der Waals surface area contributed by atoms with Crippen LogP contribution < -0.4 is 11.1 Å². The molecular formula is C12H17ClN2S2. The number of nitrogens with two attached hydrogens (primary N) is 1. The second kappa shape index (κ2) is 7.09. The normalized spacial score (nSPS) is 12.2. The number of hydrogen-bond acceptors (Lipinski definition) is 3. The van der Waals surface area contributed by atoms with Crippen LogP contribution in [0.5, 0.6) is 0 Å². The molecule has 0 aromatic heterocycles. The van der Waals surface area contributed by atoms with Gasteiger partial charge in [0.2, 0.25) is 0 Å². The number of thioether (sulfide) groups is 1. The maximum absolute atomic E-state index is 6.15. The van der Waals surface area contributed by atoms with Gasteiger partial charge in [0.05, 0.1) is 10.7 Å². The van der Waals surface area contributed by atoms with Crippen LogP contribution in [0, 0.1) is 5.92 Å². The molecule has 94 valence electrons. The smallest absolute Gasteiger partial charge is 0.104 e. The van der Waals surface area contributed by atoms with Gasteiger partial charge >= 0.3 is 0 Å². The largest absolute Gasteiger partial charge is 0.389 e.